The van der Waals surface area contributed by atoms with E-state index in [-0.39, 0.29) is 5.92 Å². The van der Waals surface area contributed by atoms with Crippen LogP contribution < -0.4 is 9.47 Å². The molecule has 2 aromatic rings. The average Bonchev–Trinajstić information content (AvgIpc) is 2.97. The maximum Gasteiger partial charge on any atom is 0.161 e. The van der Waals surface area contributed by atoms with Gasteiger partial charge in [0.25, 0.3) is 0 Å². The van der Waals surface area contributed by atoms with E-state index in [1.807, 2.05) is 24.3 Å². The SMILES string of the molecule is COc1ccc(C(C#N)Cc2ccco2)cc1OC. The molecule has 1 aromatic heterocycles. The molecule has 4 nitrogen and oxygen atoms in total. The number of furan rings is 1. The summed E-state index contributed by atoms with van der Waals surface area (Å²) in [6.07, 6.45) is 2.15. The van der Waals surface area contributed by atoms with Gasteiger partial charge < -0.3 is 13.9 Å². The zero-order valence-corrected chi connectivity index (χ0v) is 10.9. The smallest absolute Gasteiger partial charge is 0.161 e. The summed E-state index contributed by atoms with van der Waals surface area (Å²) >= 11 is 0. The lowest BCUT2D eigenvalue weighted by atomic mass is 9.95. The lowest BCUT2D eigenvalue weighted by Gasteiger charge is -2.12. The Bertz CT molecular complexity index is 570. The lowest BCUT2D eigenvalue weighted by molar-refractivity contribution is 0.354. The third-order valence-electron chi connectivity index (χ3n) is 2.95. The number of hydrogen-bond donors (Lipinski definition) is 0. The number of benzene rings is 1. The maximum absolute atomic E-state index is 9.30. The van der Waals surface area contributed by atoms with E-state index in [1.165, 1.54) is 0 Å². The molecule has 0 aliphatic rings. The van der Waals surface area contributed by atoms with Crippen LogP contribution in [0.5, 0.6) is 11.5 Å². The highest BCUT2D eigenvalue weighted by Crippen LogP contribution is 2.31. The molecule has 0 radical (unpaired) electrons. The van der Waals surface area contributed by atoms with Gasteiger partial charge in [-0.1, -0.05) is 6.07 Å². The van der Waals surface area contributed by atoms with Crippen LogP contribution in [0.4, 0.5) is 0 Å². The molecular weight excluding hydrogens is 242 g/mol. The molecule has 4 heteroatoms. The van der Waals surface area contributed by atoms with E-state index in [2.05, 4.69) is 6.07 Å². The molecule has 0 spiro atoms. The van der Waals surface area contributed by atoms with Crippen molar-refractivity contribution in [3.63, 3.8) is 0 Å². The molecule has 0 fully saturated rings. The van der Waals surface area contributed by atoms with E-state index in [9.17, 15) is 5.26 Å². The van der Waals surface area contributed by atoms with Crippen LogP contribution in [0.25, 0.3) is 0 Å². The van der Waals surface area contributed by atoms with E-state index in [1.54, 1.807) is 26.5 Å². The number of hydrogen-bond acceptors (Lipinski definition) is 4. The van der Waals surface area contributed by atoms with Gasteiger partial charge in [0.15, 0.2) is 11.5 Å². The molecule has 98 valence electrons. The number of ether oxygens (including phenoxy) is 2. The van der Waals surface area contributed by atoms with E-state index in [0.29, 0.717) is 17.9 Å². The molecule has 2 rings (SSSR count). The van der Waals surface area contributed by atoms with E-state index < -0.39 is 0 Å². The predicted octanol–water partition coefficient (Wildman–Crippen LogP) is 3.15. The fourth-order valence-electron chi connectivity index (χ4n) is 1.94. The standard InChI is InChI=1S/C15H15NO3/c1-17-14-6-5-11(9-15(14)18-2)12(10-16)8-13-4-3-7-19-13/h3-7,9,12H,8H2,1-2H3. The lowest BCUT2D eigenvalue weighted by Crippen LogP contribution is -2.01. The summed E-state index contributed by atoms with van der Waals surface area (Å²) in [5, 5.41) is 9.30. The third kappa shape index (κ3) is 2.89. The van der Waals surface area contributed by atoms with Gasteiger partial charge in [-0.3, -0.25) is 0 Å². The van der Waals surface area contributed by atoms with E-state index in [0.717, 1.165) is 11.3 Å². The van der Waals surface area contributed by atoms with Crippen LogP contribution in [-0.2, 0) is 6.42 Å². The molecule has 19 heavy (non-hydrogen) atoms. The van der Waals surface area contributed by atoms with Crippen molar-refractivity contribution in [1.29, 1.82) is 5.26 Å². The maximum atomic E-state index is 9.30. The minimum atomic E-state index is -0.272. The molecule has 0 aliphatic carbocycles. The van der Waals surface area contributed by atoms with Crippen molar-refractivity contribution in [2.45, 2.75) is 12.3 Å². The molecule has 0 bridgehead atoms. The van der Waals surface area contributed by atoms with Crippen molar-refractivity contribution in [3.05, 3.63) is 47.9 Å². The van der Waals surface area contributed by atoms with E-state index >= 15 is 0 Å². The highest BCUT2D eigenvalue weighted by Gasteiger charge is 2.15. The Labute approximate surface area is 112 Å². The van der Waals surface area contributed by atoms with Crippen LogP contribution in [0.1, 0.15) is 17.2 Å². The Morgan fingerprint density at radius 2 is 2.00 bits per heavy atom. The molecule has 0 aliphatic heterocycles. The molecule has 1 unspecified atom stereocenters. The van der Waals surface area contributed by atoms with E-state index in [4.69, 9.17) is 13.9 Å². The first-order valence-corrected chi connectivity index (χ1v) is 5.92. The Kier molecular flexibility index (Phi) is 4.09. The summed E-state index contributed by atoms with van der Waals surface area (Å²) in [5.41, 5.74) is 0.886. The number of methoxy groups -OCH3 is 2. The molecular formula is C15H15NO3. The first kappa shape index (κ1) is 13.0. The van der Waals surface area contributed by atoms with Crippen molar-refractivity contribution >= 4 is 0 Å². The normalized spacial score (nSPS) is 11.6. The second-order valence-electron chi connectivity index (χ2n) is 4.08. The Morgan fingerprint density at radius 3 is 2.58 bits per heavy atom. The third-order valence-corrected chi connectivity index (χ3v) is 2.95. The zero-order chi connectivity index (χ0) is 13.7. The summed E-state index contributed by atoms with van der Waals surface area (Å²) in [6, 6.07) is 11.5. The Balaban J connectivity index is 2.26. The van der Waals surface area contributed by atoms with Gasteiger partial charge in [0.05, 0.1) is 32.5 Å². The van der Waals surface area contributed by atoms with Crippen LogP contribution in [0.2, 0.25) is 0 Å². The monoisotopic (exact) mass is 257 g/mol. The minimum Gasteiger partial charge on any atom is -0.493 e. The highest BCUT2D eigenvalue weighted by molar-refractivity contribution is 5.45. The fourth-order valence-corrected chi connectivity index (χ4v) is 1.94. The van der Waals surface area contributed by atoms with Gasteiger partial charge in [-0.15, -0.1) is 0 Å². The van der Waals surface area contributed by atoms with Crippen molar-refractivity contribution in [1.82, 2.24) is 0 Å². The largest absolute Gasteiger partial charge is 0.493 e. The van der Waals surface area contributed by atoms with Crippen molar-refractivity contribution in [2.75, 3.05) is 14.2 Å². The quantitative estimate of drug-likeness (QED) is 0.825. The van der Waals surface area contributed by atoms with Gasteiger partial charge in [0.2, 0.25) is 0 Å². The van der Waals surface area contributed by atoms with Crippen LogP contribution in [-0.4, -0.2) is 14.2 Å². The molecule has 0 amide bonds. The molecule has 1 atom stereocenters. The van der Waals surface area contributed by atoms with Gasteiger partial charge in [-0.25, -0.2) is 0 Å². The van der Waals surface area contributed by atoms with Crippen LogP contribution in [0, 0.1) is 11.3 Å². The molecule has 1 heterocycles. The molecule has 0 N–H and O–H groups in total. The van der Waals surface area contributed by atoms with Crippen molar-refractivity contribution < 1.29 is 13.9 Å². The zero-order valence-electron chi connectivity index (χ0n) is 10.9. The fraction of sp³-hybridized carbons (Fsp3) is 0.267. The van der Waals surface area contributed by atoms with Crippen LogP contribution in [0.15, 0.2) is 41.0 Å². The first-order chi connectivity index (χ1) is 9.28. The molecule has 1 aromatic carbocycles. The highest BCUT2D eigenvalue weighted by atomic mass is 16.5. The second-order valence-corrected chi connectivity index (χ2v) is 4.08. The number of nitriles is 1. The van der Waals surface area contributed by atoms with Gasteiger partial charge in [0, 0.05) is 6.42 Å². The molecule has 0 saturated heterocycles. The number of rotatable bonds is 5. The number of nitrogens with zero attached hydrogens (tertiary/aromatic N) is 1. The van der Waals surface area contributed by atoms with Crippen LogP contribution >= 0.6 is 0 Å². The van der Waals surface area contributed by atoms with Gasteiger partial charge >= 0.3 is 0 Å². The summed E-state index contributed by atoms with van der Waals surface area (Å²) < 4.78 is 15.7. The Hall–Kier alpha value is -2.41. The predicted molar refractivity (Wildman–Crippen MR) is 70.3 cm³/mol. The van der Waals surface area contributed by atoms with Gasteiger partial charge in [0.1, 0.15) is 5.76 Å². The minimum absolute atomic E-state index is 0.272. The van der Waals surface area contributed by atoms with Crippen molar-refractivity contribution in [3.8, 4) is 17.6 Å². The summed E-state index contributed by atoms with van der Waals surface area (Å²) in [5.74, 6) is 1.80. The topological polar surface area (TPSA) is 55.4 Å². The van der Waals surface area contributed by atoms with Gasteiger partial charge in [-0.2, -0.15) is 5.26 Å². The summed E-state index contributed by atoms with van der Waals surface area (Å²) in [6.45, 7) is 0. The average molecular weight is 257 g/mol. The van der Waals surface area contributed by atoms with Gasteiger partial charge in [-0.05, 0) is 29.8 Å². The van der Waals surface area contributed by atoms with Crippen LogP contribution in [0.3, 0.4) is 0 Å². The van der Waals surface area contributed by atoms with Crippen molar-refractivity contribution in [2.24, 2.45) is 0 Å². The summed E-state index contributed by atoms with van der Waals surface area (Å²) in [7, 11) is 3.16. The summed E-state index contributed by atoms with van der Waals surface area (Å²) in [4.78, 5) is 0. The molecule has 0 saturated carbocycles. The second kappa shape index (κ2) is 5.96. The first-order valence-electron chi connectivity index (χ1n) is 5.92. The Morgan fingerprint density at radius 1 is 1.21 bits per heavy atom.